The predicted molar refractivity (Wildman–Crippen MR) is 61.4 cm³/mol. The summed E-state index contributed by atoms with van der Waals surface area (Å²) in [6.07, 6.45) is 1.63. The fraction of sp³-hybridized carbons (Fsp3) is 0.455. The summed E-state index contributed by atoms with van der Waals surface area (Å²) < 4.78 is 0. The van der Waals surface area contributed by atoms with Gasteiger partial charge in [0, 0.05) is 11.4 Å². The SMILES string of the molecule is CC(C)C(C)Sc1ncccc1C(=O)O. The van der Waals surface area contributed by atoms with E-state index >= 15 is 0 Å². The van der Waals surface area contributed by atoms with E-state index in [1.54, 1.807) is 18.3 Å². The molecular weight excluding hydrogens is 210 g/mol. The van der Waals surface area contributed by atoms with Crippen molar-refractivity contribution in [2.45, 2.75) is 31.0 Å². The van der Waals surface area contributed by atoms with Gasteiger partial charge in [-0.05, 0) is 18.1 Å². The maximum Gasteiger partial charge on any atom is 0.338 e. The average molecular weight is 225 g/mol. The number of rotatable bonds is 4. The second kappa shape index (κ2) is 5.16. The number of thioether (sulfide) groups is 1. The van der Waals surface area contributed by atoms with Crippen LogP contribution < -0.4 is 0 Å². The van der Waals surface area contributed by atoms with Gasteiger partial charge in [0.1, 0.15) is 5.03 Å². The van der Waals surface area contributed by atoms with Crippen molar-refractivity contribution in [2.24, 2.45) is 5.92 Å². The number of hydrogen-bond acceptors (Lipinski definition) is 3. The summed E-state index contributed by atoms with van der Waals surface area (Å²) in [5.41, 5.74) is 0.287. The molecule has 0 saturated heterocycles. The lowest BCUT2D eigenvalue weighted by molar-refractivity contribution is 0.0692. The highest BCUT2D eigenvalue weighted by Gasteiger charge is 2.15. The van der Waals surface area contributed by atoms with E-state index in [4.69, 9.17) is 5.11 Å². The molecule has 1 aromatic heterocycles. The molecule has 1 N–H and O–H groups in total. The van der Waals surface area contributed by atoms with Crippen LogP contribution in [-0.2, 0) is 0 Å². The molecule has 0 radical (unpaired) electrons. The van der Waals surface area contributed by atoms with Crippen LogP contribution in [0.3, 0.4) is 0 Å². The molecule has 0 saturated carbocycles. The molecule has 0 bridgehead atoms. The van der Waals surface area contributed by atoms with E-state index in [1.165, 1.54) is 11.8 Å². The molecule has 15 heavy (non-hydrogen) atoms. The summed E-state index contributed by atoms with van der Waals surface area (Å²) in [6.45, 7) is 6.30. The van der Waals surface area contributed by atoms with E-state index in [2.05, 4.69) is 25.8 Å². The Balaban J connectivity index is 2.89. The molecule has 0 aliphatic carbocycles. The van der Waals surface area contributed by atoms with E-state index in [0.29, 0.717) is 16.2 Å². The van der Waals surface area contributed by atoms with Crippen LogP contribution in [0, 0.1) is 5.92 Å². The molecule has 0 aliphatic rings. The Morgan fingerprint density at radius 1 is 1.47 bits per heavy atom. The van der Waals surface area contributed by atoms with E-state index < -0.39 is 5.97 Å². The summed E-state index contributed by atoms with van der Waals surface area (Å²) in [4.78, 5) is 15.0. The third-order valence-electron chi connectivity index (χ3n) is 2.24. The van der Waals surface area contributed by atoms with Gasteiger partial charge in [0.25, 0.3) is 0 Å². The predicted octanol–water partition coefficient (Wildman–Crippen LogP) is 2.92. The molecule has 0 fully saturated rings. The van der Waals surface area contributed by atoms with Gasteiger partial charge in [-0.1, -0.05) is 20.8 Å². The summed E-state index contributed by atoms with van der Waals surface area (Å²) in [5, 5.41) is 9.93. The van der Waals surface area contributed by atoms with Crippen molar-refractivity contribution in [3.8, 4) is 0 Å². The lowest BCUT2D eigenvalue weighted by atomic mass is 10.2. The first-order chi connectivity index (χ1) is 7.02. The quantitative estimate of drug-likeness (QED) is 0.800. The van der Waals surface area contributed by atoms with Gasteiger partial charge in [0.15, 0.2) is 0 Å². The highest BCUT2D eigenvalue weighted by Crippen LogP contribution is 2.28. The van der Waals surface area contributed by atoms with Gasteiger partial charge >= 0.3 is 5.97 Å². The topological polar surface area (TPSA) is 50.2 Å². The molecule has 82 valence electrons. The van der Waals surface area contributed by atoms with E-state index in [-0.39, 0.29) is 5.56 Å². The van der Waals surface area contributed by atoms with Crippen molar-refractivity contribution in [2.75, 3.05) is 0 Å². The molecule has 3 nitrogen and oxygen atoms in total. The Morgan fingerprint density at radius 2 is 2.13 bits per heavy atom. The molecule has 1 aromatic rings. The highest BCUT2D eigenvalue weighted by atomic mass is 32.2. The van der Waals surface area contributed by atoms with Crippen LogP contribution in [0.1, 0.15) is 31.1 Å². The van der Waals surface area contributed by atoms with Crippen molar-refractivity contribution in [3.05, 3.63) is 23.9 Å². The van der Waals surface area contributed by atoms with Crippen LogP contribution in [-0.4, -0.2) is 21.3 Å². The van der Waals surface area contributed by atoms with Gasteiger partial charge < -0.3 is 5.11 Å². The largest absolute Gasteiger partial charge is 0.478 e. The number of aromatic nitrogens is 1. The average Bonchev–Trinajstić information content (AvgIpc) is 2.18. The van der Waals surface area contributed by atoms with Crippen molar-refractivity contribution in [1.29, 1.82) is 0 Å². The van der Waals surface area contributed by atoms with Crippen molar-refractivity contribution in [1.82, 2.24) is 4.98 Å². The molecule has 0 amide bonds. The highest BCUT2D eigenvalue weighted by molar-refractivity contribution is 7.99. The lowest BCUT2D eigenvalue weighted by Crippen LogP contribution is -2.08. The van der Waals surface area contributed by atoms with Crippen molar-refractivity contribution >= 4 is 17.7 Å². The Bertz CT molecular complexity index is 352. The number of nitrogens with zero attached hydrogens (tertiary/aromatic N) is 1. The monoisotopic (exact) mass is 225 g/mol. The number of carboxylic acid groups (broad SMARTS) is 1. The molecule has 1 heterocycles. The first kappa shape index (κ1) is 12.0. The minimum absolute atomic E-state index is 0.287. The van der Waals surface area contributed by atoms with Crippen molar-refractivity contribution in [3.63, 3.8) is 0 Å². The van der Waals surface area contributed by atoms with E-state index in [1.807, 2.05) is 0 Å². The smallest absolute Gasteiger partial charge is 0.338 e. The maximum absolute atomic E-state index is 10.9. The van der Waals surface area contributed by atoms with Crippen molar-refractivity contribution < 1.29 is 9.90 Å². The summed E-state index contributed by atoms with van der Waals surface area (Å²) in [5.74, 6) is -0.416. The van der Waals surface area contributed by atoms with Gasteiger partial charge in [-0.25, -0.2) is 9.78 Å². The van der Waals surface area contributed by atoms with Gasteiger partial charge in [-0.15, -0.1) is 11.8 Å². The summed E-state index contributed by atoms with van der Waals surface area (Å²) in [6, 6.07) is 3.23. The van der Waals surface area contributed by atoms with Crippen LogP contribution in [0.15, 0.2) is 23.4 Å². The Hall–Kier alpha value is -1.03. The molecule has 0 spiro atoms. The van der Waals surface area contributed by atoms with Crippen LogP contribution >= 0.6 is 11.8 Å². The fourth-order valence-electron chi connectivity index (χ4n) is 0.960. The first-order valence-corrected chi connectivity index (χ1v) is 5.75. The normalized spacial score (nSPS) is 12.8. The first-order valence-electron chi connectivity index (χ1n) is 4.87. The number of aromatic carboxylic acids is 1. The molecule has 4 heteroatoms. The second-order valence-electron chi connectivity index (χ2n) is 3.73. The van der Waals surface area contributed by atoms with Gasteiger partial charge in [-0.2, -0.15) is 0 Å². The van der Waals surface area contributed by atoms with Crippen LogP contribution in [0.25, 0.3) is 0 Å². The molecule has 1 rings (SSSR count). The lowest BCUT2D eigenvalue weighted by Gasteiger charge is -2.15. The van der Waals surface area contributed by atoms with Gasteiger partial charge in [0.05, 0.1) is 5.56 Å². The fourth-order valence-corrected chi connectivity index (χ4v) is 1.99. The molecule has 1 atom stereocenters. The minimum Gasteiger partial charge on any atom is -0.478 e. The van der Waals surface area contributed by atoms with Crippen LogP contribution in [0.2, 0.25) is 0 Å². The van der Waals surface area contributed by atoms with Crippen LogP contribution in [0.4, 0.5) is 0 Å². The number of pyridine rings is 1. The zero-order chi connectivity index (χ0) is 11.4. The standard InChI is InChI=1S/C11H15NO2S/c1-7(2)8(3)15-10-9(11(13)14)5-4-6-12-10/h4-8H,1-3H3,(H,13,14). The Labute approximate surface area is 93.9 Å². The molecule has 0 aromatic carbocycles. The molecular formula is C11H15NO2S. The summed E-state index contributed by atoms with van der Waals surface area (Å²) >= 11 is 1.51. The minimum atomic E-state index is -0.915. The summed E-state index contributed by atoms with van der Waals surface area (Å²) in [7, 11) is 0. The van der Waals surface area contributed by atoms with Crippen LogP contribution in [0.5, 0.6) is 0 Å². The third-order valence-corrected chi connectivity index (χ3v) is 3.70. The van der Waals surface area contributed by atoms with Gasteiger partial charge in [0.2, 0.25) is 0 Å². The maximum atomic E-state index is 10.9. The molecule has 0 aliphatic heterocycles. The number of hydrogen-bond donors (Lipinski definition) is 1. The Kier molecular flexibility index (Phi) is 4.15. The molecule has 1 unspecified atom stereocenters. The third kappa shape index (κ3) is 3.23. The van der Waals surface area contributed by atoms with E-state index in [0.717, 1.165) is 0 Å². The van der Waals surface area contributed by atoms with E-state index in [9.17, 15) is 4.79 Å². The zero-order valence-corrected chi connectivity index (χ0v) is 9.91. The second-order valence-corrected chi connectivity index (χ2v) is 5.09. The van der Waals surface area contributed by atoms with Gasteiger partial charge in [-0.3, -0.25) is 0 Å². The Morgan fingerprint density at radius 3 is 2.67 bits per heavy atom. The number of carboxylic acids is 1. The number of carbonyl (C=O) groups is 1. The zero-order valence-electron chi connectivity index (χ0n) is 9.10.